The first kappa shape index (κ1) is 13.4. The Balaban J connectivity index is 0.000000232. The standard InChI is InChI=1S/C9H10N5.BF4/c1-3-8-12-14(7-13(8)6-1)9-10-4-2-5-11-9;2-1(3,4)5/h2,4-5,7H,1,3,6H2;/q+1;-1. The van der Waals surface area contributed by atoms with Crippen LogP contribution >= 0.6 is 0 Å². The molecule has 0 atom stereocenters. The molecule has 3 heterocycles. The van der Waals surface area contributed by atoms with Gasteiger partial charge in [-0.05, 0) is 17.2 Å². The minimum atomic E-state index is -6.00. The lowest BCUT2D eigenvalue weighted by atomic mass is 10.3. The van der Waals surface area contributed by atoms with E-state index >= 15 is 0 Å². The fourth-order valence-corrected chi connectivity index (χ4v) is 1.70. The van der Waals surface area contributed by atoms with Crippen molar-refractivity contribution in [3.05, 3.63) is 30.6 Å². The molecule has 3 rings (SSSR count). The molecule has 0 saturated carbocycles. The van der Waals surface area contributed by atoms with Crippen LogP contribution in [0.25, 0.3) is 5.95 Å². The molecule has 1 aliphatic heterocycles. The summed E-state index contributed by atoms with van der Waals surface area (Å²) in [6.07, 6.45) is 7.65. The van der Waals surface area contributed by atoms with Crippen LogP contribution in [0.4, 0.5) is 17.3 Å². The highest BCUT2D eigenvalue weighted by molar-refractivity contribution is 6.50. The topological polar surface area (TPSA) is 47.5 Å². The molecule has 0 spiro atoms. The van der Waals surface area contributed by atoms with Crippen molar-refractivity contribution in [2.75, 3.05) is 0 Å². The van der Waals surface area contributed by atoms with Crippen LogP contribution in [0.5, 0.6) is 0 Å². The zero-order valence-electron chi connectivity index (χ0n) is 9.76. The third-order valence-corrected chi connectivity index (χ3v) is 2.36. The van der Waals surface area contributed by atoms with Gasteiger partial charge in [-0.15, -0.1) is 0 Å². The average Bonchev–Trinajstić information content (AvgIpc) is 2.87. The van der Waals surface area contributed by atoms with E-state index in [0.717, 1.165) is 18.8 Å². The van der Waals surface area contributed by atoms with Crippen molar-refractivity contribution in [1.29, 1.82) is 0 Å². The van der Waals surface area contributed by atoms with E-state index in [-0.39, 0.29) is 0 Å². The Bertz CT molecular complexity index is 514. The van der Waals surface area contributed by atoms with Crippen LogP contribution in [0, 0.1) is 0 Å². The third-order valence-electron chi connectivity index (χ3n) is 2.36. The van der Waals surface area contributed by atoms with Gasteiger partial charge in [-0.1, -0.05) is 0 Å². The fourth-order valence-electron chi connectivity index (χ4n) is 1.70. The number of hydrogen-bond donors (Lipinski definition) is 0. The summed E-state index contributed by atoms with van der Waals surface area (Å²) in [5.74, 6) is 1.76. The summed E-state index contributed by atoms with van der Waals surface area (Å²) >= 11 is 0. The van der Waals surface area contributed by atoms with Crippen LogP contribution in [-0.2, 0) is 13.0 Å². The molecule has 0 saturated heterocycles. The van der Waals surface area contributed by atoms with Gasteiger partial charge in [0.15, 0.2) is 0 Å². The second kappa shape index (κ2) is 5.33. The Morgan fingerprint density at radius 3 is 2.37 bits per heavy atom. The van der Waals surface area contributed by atoms with Crippen molar-refractivity contribution in [2.45, 2.75) is 19.4 Å². The van der Waals surface area contributed by atoms with Gasteiger partial charge in [-0.2, -0.15) is 0 Å². The molecular formula is C9H10BF4N5. The van der Waals surface area contributed by atoms with Crippen molar-refractivity contribution in [1.82, 2.24) is 19.7 Å². The number of hydrogen-bond acceptors (Lipinski definition) is 3. The van der Waals surface area contributed by atoms with E-state index in [9.17, 15) is 17.3 Å². The number of aromatic nitrogens is 5. The van der Waals surface area contributed by atoms with E-state index in [2.05, 4.69) is 19.6 Å². The lowest BCUT2D eigenvalue weighted by molar-refractivity contribution is -0.691. The summed E-state index contributed by atoms with van der Waals surface area (Å²) in [5.41, 5.74) is 0. The van der Waals surface area contributed by atoms with E-state index in [1.807, 2.05) is 6.33 Å². The summed E-state index contributed by atoms with van der Waals surface area (Å²) in [4.78, 5) is 8.28. The van der Waals surface area contributed by atoms with Crippen LogP contribution in [-0.4, -0.2) is 27.0 Å². The molecule has 0 amide bonds. The van der Waals surface area contributed by atoms with Crippen molar-refractivity contribution >= 4 is 7.25 Å². The molecule has 102 valence electrons. The SMILES string of the molecule is F[B-](F)(F)F.c1cnc(-n2c[n+]3c(n2)CCC3)nc1. The van der Waals surface area contributed by atoms with E-state index in [1.165, 1.54) is 6.42 Å². The monoisotopic (exact) mass is 275 g/mol. The van der Waals surface area contributed by atoms with Crippen LogP contribution in [0.15, 0.2) is 24.8 Å². The Kier molecular flexibility index (Phi) is 3.77. The summed E-state index contributed by atoms with van der Waals surface area (Å²) < 4.78 is 42.9. The van der Waals surface area contributed by atoms with Gasteiger partial charge in [0.2, 0.25) is 6.33 Å². The smallest absolute Gasteiger partial charge is 0.418 e. The van der Waals surface area contributed by atoms with Crippen molar-refractivity contribution in [3.63, 3.8) is 0 Å². The van der Waals surface area contributed by atoms with Crippen LogP contribution in [0.3, 0.4) is 0 Å². The Labute approximate surface area is 106 Å². The maximum Gasteiger partial charge on any atom is 0.673 e. The second-order valence-electron chi connectivity index (χ2n) is 3.82. The van der Waals surface area contributed by atoms with E-state index in [1.54, 1.807) is 23.1 Å². The van der Waals surface area contributed by atoms with Gasteiger partial charge in [-0.3, -0.25) is 0 Å². The normalized spacial score (nSPS) is 13.7. The molecule has 0 bridgehead atoms. The molecular weight excluding hydrogens is 265 g/mol. The Morgan fingerprint density at radius 2 is 1.79 bits per heavy atom. The number of nitrogens with zero attached hydrogens (tertiary/aromatic N) is 5. The first-order valence-corrected chi connectivity index (χ1v) is 5.56. The quantitative estimate of drug-likeness (QED) is 0.446. The fraction of sp³-hybridized carbons (Fsp3) is 0.333. The van der Waals surface area contributed by atoms with Gasteiger partial charge in [0, 0.05) is 23.9 Å². The lowest BCUT2D eigenvalue weighted by Gasteiger charge is -1.94. The van der Waals surface area contributed by atoms with Crippen molar-refractivity contribution in [3.8, 4) is 5.95 Å². The molecule has 10 heteroatoms. The molecule has 2 aromatic heterocycles. The van der Waals surface area contributed by atoms with Gasteiger partial charge >= 0.3 is 13.2 Å². The van der Waals surface area contributed by atoms with E-state index < -0.39 is 7.25 Å². The second-order valence-corrected chi connectivity index (χ2v) is 3.82. The molecule has 2 aromatic rings. The zero-order chi connectivity index (χ0) is 13.9. The van der Waals surface area contributed by atoms with Crippen molar-refractivity contribution < 1.29 is 21.8 Å². The summed E-state index contributed by atoms with van der Waals surface area (Å²) in [7, 11) is -6.00. The Morgan fingerprint density at radius 1 is 1.16 bits per heavy atom. The zero-order valence-corrected chi connectivity index (χ0v) is 9.76. The minimum Gasteiger partial charge on any atom is -0.418 e. The van der Waals surface area contributed by atoms with Gasteiger partial charge in [0.1, 0.15) is 0 Å². The molecule has 1 aliphatic rings. The summed E-state index contributed by atoms with van der Waals surface area (Å²) in [6, 6.07) is 1.80. The van der Waals surface area contributed by atoms with Crippen LogP contribution in [0.1, 0.15) is 12.2 Å². The number of fused-ring (bicyclic) bond motifs is 1. The molecule has 0 fully saturated rings. The van der Waals surface area contributed by atoms with Crippen molar-refractivity contribution in [2.24, 2.45) is 0 Å². The molecule has 0 unspecified atom stereocenters. The number of rotatable bonds is 1. The molecule has 19 heavy (non-hydrogen) atoms. The van der Waals surface area contributed by atoms with Crippen LogP contribution in [0.2, 0.25) is 0 Å². The number of aryl methyl sites for hydroxylation is 2. The van der Waals surface area contributed by atoms with E-state index in [4.69, 9.17) is 0 Å². The van der Waals surface area contributed by atoms with E-state index in [0.29, 0.717) is 5.95 Å². The largest absolute Gasteiger partial charge is 0.673 e. The maximum atomic E-state index is 9.75. The van der Waals surface area contributed by atoms with Gasteiger partial charge < -0.3 is 17.3 Å². The molecule has 5 nitrogen and oxygen atoms in total. The summed E-state index contributed by atoms with van der Waals surface area (Å²) in [5, 5.41) is 4.42. The average molecular weight is 275 g/mol. The Hall–Kier alpha value is -2.00. The summed E-state index contributed by atoms with van der Waals surface area (Å²) in [6.45, 7) is 1.06. The first-order valence-electron chi connectivity index (χ1n) is 5.56. The maximum absolute atomic E-state index is 9.75. The molecule has 0 aromatic carbocycles. The molecule has 0 aliphatic carbocycles. The molecule has 0 N–H and O–H groups in total. The van der Waals surface area contributed by atoms with Gasteiger partial charge in [-0.25, -0.2) is 14.5 Å². The number of halogens is 4. The van der Waals surface area contributed by atoms with Gasteiger partial charge in [0.25, 0.3) is 5.82 Å². The lowest BCUT2D eigenvalue weighted by Crippen LogP contribution is -2.29. The highest BCUT2D eigenvalue weighted by Crippen LogP contribution is 2.06. The highest BCUT2D eigenvalue weighted by atomic mass is 19.5. The van der Waals surface area contributed by atoms with Gasteiger partial charge in [0.05, 0.1) is 6.54 Å². The first-order chi connectivity index (χ1) is 8.93. The minimum absolute atomic E-state index is 0.634. The van der Waals surface area contributed by atoms with Crippen LogP contribution < -0.4 is 4.57 Å². The predicted octanol–water partition coefficient (Wildman–Crippen LogP) is 1.20. The predicted molar refractivity (Wildman–Crippen MR) is 57.9 cm³/mol. The third kappa shape index (κ3) is 4.00. The molecule has 0 radical (unpaired) electrons. The highest BCUT2D eigenvalue weighted by Gasteiger charge is 2.23.